The molecule has 0 saturated carbocycles. The third-order valence-corrected chi connectivity index (χ3v) is 5.02. The zero-order valence-corrected chi connectivity index (χ0v) is 15.2. The molecule has 10 heteroatoms. The summed E-state index contributed by atoms with van der Waals surface area (Å²) in [6.45, 7) is 2.12. The van der Waals surface area contributed by atoms with Gasteiger partial charge in [-0.15, -0.1) is 0 Å². The summed E-state index contributed by atoms with van der Waals surface area (Å²) in [5.41, 5.74) is -1.82. The normalized spacial score (nSPS) is 21.9. The second-order valence-corrected chi connectivity index (χ2v) is 6.96. The predicted molar refractivity (Wildman–Crippen MR) is 90.4 cm³/mol. The molecule has 1 aromatic rings. The number of nitrogens with one attached hydrogen (secondary N) is 1. The maximum Gasteiger partial charge on any atom is 0.416 e. The maximum atomic E-state index is 12.8. The maximum absolute atomic E-state index is 12.8. The van der Waals surface area contributed by atoms with Crippen molar-refractivity contribution < 1.29 is 32.7 Å². The van der Waals surface area contributed by atoms with Gasteiger partial charge in [0.15, 0.2) is 0 Å². The molecule has 2 aliphatic rings. The molecule has 2 N–H and O–H groups in total. The minimum atomic E-state index is -4.46. The van der Waals surface area contributed by atoms with Crippen LogP contribution in [0.15, 0.2) is 18.2 Å². The Balaban J connectivity index is 1.66. The molecule has 1 aromatic carbocycles. The van der Waals surface area contributed by atoms with Crippen LogP contribution < -0.4 is 5.32 Å². The van der Waals surface area contributed by atoms with E-state index in [1.165, 1.54) is 11.0 Å². The fourth-order valence-corrected chi connectivity index (χ4v) is 3.50. The van der Waals surface area contributed by atoms with Gasteiger partial charge in [-0.25, -0.2) is 4.79 Å². The van der Waals surface area contributed by atoms with Crippen molar-refractivity contribution in [2.24, 2.45) is 0 Å². The van der Waals surface area contributed by atoms with E-state index in [0.717, 1.165) is 17.0 Å². The van der Waals surface area contributed by atoms with Crippen LogP contribution in [0.3, 0.4) is 0 Å². The highest BCUT2D eigenvalue weighted by Gasteiger charge is 2.51. The first-order valence-electron chi connectivity index (χ1n) is 8.88. The lowest BCUT2D eigenvalue weighted by Crippen LogP contribution is -2.50. The summed E-state index contributed by atoms with van der Waals surface area (Å²) in [6.07, 6.45) is -4.46. The van der Waals surface area contributed by atoms with E-state index in [-0.39, 0.29) is 32.5 Å². The van der Waals surface area contributed by atoms with Gasteiger partial charge in [-0.1, -0.05) is 13.0 Å². The van der Waals surface area contributed by atoms with Crippen LogP contribution in [0.1, 0.15) is 42.9 Å². The summed E-state index contributed by atoms with van der Waals surface area (Å²) in [5.74, 6) is -1.29. The molecule has 2 heterocycles. The van der Waals surface area contributed by atoms with Crippen molar-refractivity contribution >= 4 is 17.8 Å². The lowest BCUT2D eigenvalue weighted by atomic mass is 10.1. The van der Waals surface area contributed by atoms with Gasteiger partial charge in [-0.05, 0) is 29.7 Å². The van der Waals surface area contributed by atoms with Gasteiger partial charge in [-0.3, -0.25) is 19.8 Å². The molecule has 7 nitrogen and oxygen atoms in total. The zero-order valence-electron chi connectivity index (χ0n) is 15.2. The smallest absolute Gasteiger partial charge is 0.363 e. The number of hydrogen-bond donors (Lipinski definition) is 2. The van der Waals surface area contributed by atoms with Crippen LogP contribution in [-0.2, 0) is 28.9 Å². The van der Waals surface area contributed by atoms with Crippen LogP contribution in [0.2, 0.25) is 0 Å². The minimum Gasteiger partial charge on any atom is -0.363 e. The quantitative estimate of drug-likeness (QED) is 0.741. The van der Waals surface area contributed by atoms with Gasteiger partial charge in [0, 0.05) is 32.5 Å². The Morgan fingerprint density at radius 1 is 1.25 bits per heavy atom. The van der Waals surface area contributed by atoms with E-state index >= 15 is 0 Å². The van der Waals surface area contributed by atoms with E-state index in [4.69, 9.17) is 0 Å². The van der Waals surface area contributed by atoms with Gasteiger partial charge in [0.2, 0.25) is 11.6 Å². The number of hydrogen-bond acceptors (Lipinski definition) is 4. The van der Waals surface area contributed by atoms with Gasteiger partial charge in [-0.2, -0.15) is 13.2 Å². The van der Waals surface area contributed by atoms with Crippen LogP contribution >= 0.6 is 0 Å². The number of benzene rings is 1. The standard InChI is InChI=1S/C18H20F3N3O4/c1-2-7-24-16(27)22-15(26)17(24,28)6-5-14(25)23-9-11-3-4-13(18(19,20)21)8-12(11)10-23/h3-4,8,28H,2,5-7,9-10H2,1H3,(H,22,26,27)/t17-/m0/s1. The predicted octanol–water partition coefficient (Wildman–Crippen LogP) is 1.98. The summed E-state index contributed by atoms with van der Waals surface area (Å²) in [6, 6.07) is 2.65. The van der Waals surface area contributed by atoms with Crippen LogP contribution in [0, 0.1) is 0 Å². The molecule has 0 unspecified atom stereocenters. The minimum absolute atomic E-state index is 0.0281. The molecule has 0 spiro atoms. The number of alkyl halides is 3. The SMILES string of the molecule is CCCN1C(=O)NC(=O)[C@@]1(O)CCC(=O)N1Cc2ccc(C(F)(F)F)cc2C1. The average Bonchev–Trinajstić information content (AvgIpc) is 3.14. The average molecular weight is 399 g/mol. The topological polar surface area (TPSA) is 90.0 Å². The highest BCUT2D eigenvalue weighted by atomic mass is 19.4. The van der Waals surface area contributed by atoms with E-state index in [1.807, 2.05) is 5.32 Å². The van der Waals surface area contributed by atoms with Crippen molar-refractivity contribution in [2.75, 3.05) is 6.54 Å². The zero-order chi connectivity index (χ0) is 20.7. The molecule has 0 bridgehead atoms. The largest absolute Gasteiger partial charge is 0.416 e. The fraction of sp³-hybridized carbons (Fsp3) is 0.500. The van der Waals surface area contributed by atoms with Crippen LogP contribution in [-0.4, -0.2) is 45.0 Å². The summed E-state index contributed by atoms with van der Waals surface area (Å²) < 4.78 is 38.5. The summed E-state index contributed by atoms with van der Waals surface area (Å²) >= 11 is 0. The van der Waals surface area contributed by atoms with E-state index in [1.54, 1.807) is 6.92 Å². The first-order chi connectivity index (χ1) is 13.1. The Morgan fingerprint density at radius 2 is 1.93 bits per heavy atom. The number of fused-ring (bicyclic) bond motifs is 1. The molecule has 0 radical (unpaired) electrons. The number of halogens is 3. The second-order valence-electron chi connectivity index (χ2n) is 6.96. The monoisotopic (exact) mass is 399 g/mol. The molecular weight excluding hydrogens is 379 g/mol. The number of carbonyl (C=O) groups is 3. The number of imide groups is 1. The van der Waals surface area contributed by atoms with Gasteiger partial charge in [0.25, 0.3) is 5.91 Å². The third kappa shape index (κ3) is 3.56. The highest BCUT2D eigenvalue weighted by molar-refractivity contribution is 6.06. The molecule has 4 amide bonds. The first kappa shape index (κ1) is 20.1. The fourth-order valence-electron chi connectivity index (χ4n) is 3.50. The van der Waals surface area contributed by atoms with Crippen molar-refractivity contribution in [1.82, 2.24) is 15.1 Å². The van der Waals surface area contributed by atoms with Crippen molar-refractivity contribution in [1.29, 1.82) is 0 Å². The summed E-state index contributed by atoms with van der Waals surface area (Å²) in [4.78, 5) is 38.6. The highest BCUT2D eigenvalue weighted by Crippen LogP contribution is 2.34. The van der Waals surface area contributed by atoms with Gasteiger partial charge in [0.05, 0.1) is 5.56 Å². The van der Waals surface area contributed by atoms with E-state index in [9.17, 15) is 32.7 Å². The van der Waals surface area contributed by atoms with E-state index in [0.29, 0.717) is 17.5 Å². The van der Waals surface area contributed by atoms with Gasteiger partial charge in [0.1, 0.15) is 0 Å². The number of urea groups is 1. The van der Waals surface area contributed by atoms with Gasteiger partial charge >= 0.3 is 12.2 Å². The number of carbonyl (C=O) groups excluding carboxylic acids is 3. The Kier molecular flexibility index (Phi) is 5.09. The van der Waals surface area contributed by atoms with Crippen LogP contribution in [0.25, 0.3) is 0 Å². The summed E-state index contributed by atoms with van der Waals surface area (Å²) in [7, 11) is 0. The number of nitrogens with zero attached hydrogens (tertiary/aromatic N) is 2. The molecule has 28 heavy (non-hydrogen) atoms. The van der Waals surface area contributed by atoms with E-state index < -0.39 is 35.3 Å². The molecule has 1 atom stereocenters. The molecule has 152 valence electrons. The first-order valence-corrected chi connectivity index (χ1v) is 8.88. The van der Waals surface area contributed by atoms with E-state index in [2.05, 4.69) is 0 Å². The third-order valence-electron chi connectivity index (χ3n) is 5.02. The van der Waals surface area contributed by atoms with Gasteiger partial charge < -0.3 is 10.0 Å². The summed E-state index contributed by atoms with van der Waals surface area (Å²) in [5, 5.41) is 12.6. The second kappa shape index (κ2) is 7.08. The molecule has 0 aliphatic carbocycles. The van der Waals surface area contributed by atoms with Crippen molar-refractivity contribution in [3.63, 3.8) is 0 Å². The van der Waals surface area contributed by atoms with Crippen molar-refractivity contribution in [3.05, 3.63) is 34.9 Å². The molecular formula is C18H20F3N3O4. The lowest BCUT2D eigenvalue weighted by Gasteiger charge is -2.30. The molecule has 0 aromatic heterocycles. The Hall–Kier alpha value is -2.62. The molecule has 1 fully saturated rings. The Labute approximate surface area is 159 Å². The van der Waals surface area contributed by atoms with Crippen LogP contribution in [0.4, 0.5) is 18.0 Å². The number of amides is 4. The van der Waals surface area contributed by atoms with Crippen molar-refractivity contribution in [3.8, 4) is 0 Å². The molecule has 1 saturated heterocycles. The molecule has 2 aliphatic heterocycles. The Morgan fingerprint density at radius 3 is 2.57 bits per heavy atom. The Bertz CT molecular complexity index is 827. The number of rotatable bonds is 5. The van der Waals surface area contributed by atoms with Crippen molar-refractivity contribution in [2.45, 2.75) is 51.2 Å². The van der Waals surface area contributed by atoms with Crippen LogP contribution in [0.5, 0.6) is 0 Å². The molecule has 3 rings (SSSR count). The lowest BCUT2D eigenvalue weighted by molar-refractivity contribution is -0.151. The number of aliphatic hydroxyl groups is 1.